The summed E-state index contributed by atoms with van der Waals surface area (Å²) < 4.78 is 39.0. The first-order valence-electron chi connectivity index (χ1n) is 11.7. The fraction of sp³-hybridized carbons (Fsp3) is 0.480. The van der Waals surface area contributed by atoms with E-state index in [2.05, 4.69) is 20.3 Å². The van der Waals surface area contributed by atoms with Gasteiger partial charge in [0.15, 0.2) is 0 Å². The van der Waals surface area contributed by atoms with E-state index in [1.807, 2.05) is 19.1 Å². The molecule has 6 nitrogen and oxygen atoms in total. The fourth-order valence-corrected chi connectivity index (χ4v) is 6.76. The van der Waals surface area contributed by atoms with E-state index < -0.39 is 17.5 Å². The van der Waals surface area contributed by atoms with E-state index in [1.165, 1.54) is 11.3 Å². The number of hydrogen-bond acceptors (Lipinski definition) is 7. The molecule has 3 aromatic rings. The minimum absolute atomic E-state index is 0.138. The van der Waals surface area contributed by atoms with Crippen LogP contribution in [0.5, 0.6) is 0 Å². The standard InChI is InChI=1S/C25H25F3N4O2S/c1-14-8-15(10-16(9-14)31-21-29-7-2-18(32-21)25(26,27)28)17-11-30-20(35-17)24(34)12-22(3-4-22)19(33)23(13-24)5-6-23/h2,7-11,19,33-34H,3-6,12-13H2,1H3,(H,29,31,32). The monoisotopic (exact) mass is 502 g/mol. The van der Waals surface area contributed by atoms with Crippen LogP contribution in [0.4, 0.5) is 24.8 Å². The molecule has 10 heteroatoms. The molecule has 184 valence electrons. The van der Waals surface area contributed by atoms with Crippen molar-refractivity contribution in [2.24, 2.45) is 10.8 Å². The molecular weight excluding hydrogens is 477 g/mol. The average molecular weight is 503 g/mol. The fourth-order valence-electron chi connectivity index (χ4n) is 5.77. The van der Waals surface area contributed by atoms with E-state index in [4.69, 9.17) is 0 Å². The summed E-state index contributed by atoms with van der Waals surface area (Å²) in [6.07, 6.45) is 2.77. The summed E-state index contributed by atoms with van der Waals surface area (Å²) in [5.74, 6) is -0.138. The first-order valence-corrected chi connectivity index (χ1v) is 12.5. The van der Waals surface area contributed by atoms with E-state index in [-0.39, 0.29) is 22.9 Å². The van der Waals surface area contributed by atoms with Crippen LogP contribution in [-0.4, -0.2) is 31.3 Å². The van der Waals surface area contributed by atoms with Crippen molar-refractivity contribution in [2.45, 2.75) is 63.3 Å². The molecule has 2 heterocycles. The molecule has 0 bridgehead atoms. The molecule has 3 aliphatic rings. The number of aryl methyl sites for hydroxylation is 1. The summed E-state index contributed by atoms with van der Waals surface area (Å²) in [6, 6.07) is 6.42. The average Bonchev–Trinajstić information content (AvgIpc) is 3.68. The highest BCUT2D eigenvalue weighted by Gasteiger charge is 2.69. The number of rotatable bonds is 4. The van der Waals surface area contributed by atoms with Crippen LogP contribution in [-0.2, 0) is 11.8 Å². The molecule has 0 atom stereocenters. The van der Waals surface area contributed by atoms with E-state index >= 15 is 0 Å². The third-order valence-corrected chi connectivity index (χ3v) is 8.94. The molecule has 0 amide bonds. The molecule has 3 aliphatic carbocycles. The Morgan fingerprint density at radius 2 is 1.74 bits per heavy atom. The SMILES string of the molecule is Cc1cc(Nc2nccc(C(F)(F)F)n2)cc(-c2cnc(C3(O)CC4(CC4)C(O)C4(CC4)C3)s2)c1. The quantitative estimate of drug-likeness (QED) is 0.432. The number of aliphatic hydroxyl groups is 2. The normalized spacial score (nSPS) is 26.2. The maximum Gasteiger partial charge on any atom is 0.433 e. The van der Waals surface area contributed by atoms with E-state index in [0.717, 1.165) is 54.0 Å². The lowest BCUT2D eigenvalue weighted by Gasteiger charge is -2.44. The number of benzene rings is 1. The van der Waals surface area contributed by atoms with Crippen molar-refractivity contribution in [3.05, 3.63) is 52.9 Å². The van der Waals surface area contributed by atoms with E-state index in [9.17, 15) is 23.4 Å². The van der Waals surface area contributed by atoms with Crippen LogP contribution in [0.25, 0.3) is 10.4 Å². The van der Waals surface area contributed by atoms with Crippen LogP contribution >= 0.6 is 11.3 Å². The van der Waals surface area contributed by atoms with Crippen LogP contribution in [0, 0.1) is 17.8 Å². The highest BCUT2D eigenvalue weighted by Crippen LogP contribution is 2.72. The van der Waals surface area contributed by atoms with Gasteiger partial charge in [-0.15, -0.1) is 11.3 Å². The second kappa shape index (κ2) is 7.47. The van der Waals surface area contributed by atoms with Gasteiger partial charge in [-0.1, -0.05) is 6.07 Å². The molecule has 0 radical (unpaired) electrons. The highest BCUT2D eigenvalue weighted by atomic mass is 32.1. The lowest BCUT2D eigenvalue weighted by molar-refractivity contribution is -0.141. The Morgan fingerprint density at radius 3 is 2.37 bits per heavy atom. The Kier molecular flexibility index (Phi) is 4.88. The number of anilines is 2. The molecule has 2 aromatic heterocycles. The summed E-state index contributed by atoms with van der Waals surface area (Å²) in [5, 5.41) is 26.1. The van der Waals surface area contributed by atoms with Crippen molar-refractivity contribution in [1.82, 2.24) is 15.0 Å². The number of thiazole rings is 1. The molecule has 0 unspecified atom stereocenters. The van der Waals surface area contributed by atoms with Gasteiger partial charge in [0.2, 0.25) is 5.95 Å². The number of aliphatic hydroxyl groups excluding tert-OH is 1. The molecule has 3 fully saturated rings. The lowest BCUT2D eigenvalue weighted by Crippen LogP contribution is -2.47. The van der Waals surface area contributed by atoms with Crippen molar-refractivity contribution in [3.8, 4) is 10.4 Å². The number of halogens is 3. The largest absolute Gasteiger partial charge is 0.433 e. The van der Waals surface area contributed by atoms with Gasteiger partial charge in [0.05, 0.1) is 11.0 Å². The van der Waals surface area contributed by atoms with Gasteiger partial charge in [-0.3, -0.25) is 0 Å². The summed E-state index contributed by atoms with van der Waals surface area (Å²) in [4.78, 5) is 12.9. The summed E-state index contributed by atoms with van der Waals surface area (Å²) in [7, 11) is 0. The summed E-state index contributed by atoms with van der Waals surface area (Å²) >= 11 is 1.43. The zero-order valence-corrected chi connectivity index (χ0v) is 19.9. The van der Waals surface area contributed by atoms with Gasteiger partial charge in [-0.25, -0.2) is 15.0 Å². The zero-order valence-electron chi connectivity index (χ0n) is 19.1. The molecule has 35 heavy (non-hydrogen) atoms. The molecule has 3 N–H and O–H groups in total. The van der Waals surface area contributed by atoms with E-state index in [1.54, 1.807) is 12.3 Å². The molecule has 2 spiro atoms. The maximum absolute atomic E-state index is 13.0. The minimum Gasteiger partial charge on any atom is -0.392 e. The minimum atomic E-state index is -4.55. The van der Waals surface area contributed by atoms with Gasteiger partial charge in [0.1, 0.15) is 16.3 Å². The van der Waals surface area contributed by atoms with Gasteiger partial charge in [0, 0.05) is 28.9 Å². The Labute approximate surface area is 204 Å². The zero-order chi connectivity index (χ0) is 24.6. The van der Waals surface area contributed by atoms with Gasteiger partial charge < -0.3 is 15.5 Å². The van der Waals surface area contributed by atoms with Crippen LogP contribution < -0.4 is 5.32 Å². The molecule has 6 rings (SSSR count). The van der Waals surface area contributed by atoms with Crippen LogP contribution in [0.2, 0.25) is 0 Å². The van der Waals surface area contributed by atoms with Crippen molar-refractivity contribution >= 4 is 23.0 Å². The molecule has 3 saturated carbocycles. The van der Waals surface area contributed by atoms with Crippen LogP contribution in [0.1, 0.15) is 54.8 Å². The van der Waals surface area contributed by atoms with Crippen molar-refractivity contribution < 1.29 is 23.4 Å². The molecule has 0 aliphatic heterocycles. The van der Waals surface area contributed by atoms with Gasteiger partial charge in [0.25, 0.3) is 0 Å². The van der Waals surface area contributed by atoms with Crippen LogP contribution in [0.3, 0.4) is 0 Å². The molecular formula is C25H25F3N4O2S. The van der Waals surface area contributed by atoms with Gasteiger partial charge >= 0.3 is 6.18 Å². The number of nitrogens with zero attached hydrogens (tertiary/aromatic N) is 3. The third kappa shape index (κ3) is 4.01. The highest BCUT2D eigenvalue weighted by molar-refractivity contribution is 7.15. The second-order valence-electron chi connectivity index (χ2n) is 10.5. The number of alkyl halides is 3. The first kappa shape index (κ1) is 22.9. The van der Waals surface area contributed by atoms with Gasteiger partial charge in [-0.2, -0.15) is 13.2 Å². The Bertz CT molecular complexity index is 1280. The topological polar surface area (TPSA) is 91.2 Å². The predicted octanol–water partition coefficient (Wildman–Crippen LogP) is 5.57. The molecule has 0 saturated heterocycles. The Hall–Kier alpha value is -2.56. The summed E-state index contributed by atoms with van der Waals surface area (Å²) in [5.41, 5.74) is -0.122. The number of hydrogen-bond donors (Lipinski definition) is 3. The lowest BCUT2D eigenvalue weighted by atomic mass is 9.66. The molecule has 1 aromatic carbocycles. The predicted molar refractivity (Wildman–Crippen MR) is 125 cm³/mol. The van der Waals surface area contributed by atoms with Gasteiger partial charge in [-0.05, 0) is 74.8 Å². The second-order valence-corrected chi connectivity index (χ2v) is 11.5. The van der Waals surface area contributed by atoms with Crippen LogP contribution in [0.15, 0.2) is 36.7 Å². The van der Waals surface area contributed by atoms with Crippen molar-refractivity contribution in [1.29, 1.82) is 0 Å². The maximum atomic E-state index is 13.0. The number of aromatic nitrogens is 3. The smallest absolute Gasteiger partial charge is 0.392 e. The summed E-state index contributed by atoms with van der Waals surface area (Å²) in [6.45, 7) is 1.90. The number of nitrogens with one attached hydrogen (secondary N) is 1. The van der Waals surface area contributed by atoms with Crippen molar-refractivity contribution in [3.63, 3.8) is 0 Å². The first-order chi connectivity index (χ1) is 16.5. The van der Waals surface area contributed by atoms with Crippen molar-refractivity contribution in [2.75, 3.05) is 5.32 Å². The third-order valence-electron chi connectivity index (χ3n) is 7.70. The Morgan fingerprint density at radius 1 is 1.06 bits per heavy atom. The van der Waals surface area contributed by atoms with E-state index in [0.29, 0.717) is 23.5 Å². The Balaban J connectivity index is 1.28.